The number of rotatable bonds is 6. The van der Waals surface area contributed by atoms with Gasteiger partial charge in [-0.3, -0.25) is 9.69 Å². The first kappa shape index (κ1) is 25.3. The van der Waals surface area contributed by atoms with Gasteiger partial charge >= 0.3 is 12.1 Å². The van der Waals surface area contributed by atoms with Crippen LogP contribution in [-0.2, 0) is 9.53 Å². The minimum absolute atomic E-state index is 0.0891. The Bertz CT molecular complexity index is 1010. The van der Waals surface area contributed by atoms with Crippen molar-refractivity contribution in [3.8, 4) is 5.75 Å². The normalized spacial score (nSPS) is 23.5. The molecule has 0 aliphatic carbocycles. The van der Waals surface area contributed by atoms with Gasteiger partial charge in [0.05, 0.1) is 24.6 Å². The maximum atomic E-state index is 13.6. The number of ether oxygens (including phenoxy) is 2. The first-order valence-electron chi connectivity index (χ1n) is 11.5. The van der Waals surface area contributed by atoms with Gasteiger partial charge in [0.1, 0.15) is 11.4 Å². The molecule has 2 heterocycles. The molecule has 184 valence electrons. The predicted octanol–water partition coefficient (Wildman–Crippen LogP) is 4.44. The van der Waals surface area contributed by atoms with Crippen molar-refractivity contribution in [3.05, 3.63) is 42.0 Å². The average molecular weight is 472 g/mol. The Balaban J connectivity index is 2.07. The molecule has 2 aliphatic rings. The number of benzene rings is 1. The number of amides is 2. The summed E-state index contributed by atoms with van der Waals surface area (Å²) in [5.74, 6) is -0.669. The lowest BCUT2D eigenvalue weighted by Crippen LogP contribution is -2.63. The van der Waals surface area contributed by atoms with E-state index in [0.717, 1.165) is 0 Å². The summed E-state index contributed by atoms with van der Waals surface area (Å²) in [6.45, 7) is 11.3. The third-order valence-electron chi connectivity index (χ3n) is 6.03. The molecule has 34 heavy (non-hydrogen) atoms. The summed E-state index contributed by atoms with van der Waals surface area (Å²) in [6, 6.07) is 4.03. The first-order chi connectivity index (χ1) is 16.0. The van der Waals surface area contributed by atoms with Crippen LogP contribution >= 0.6 is 0 Å². The molecule has 2 atom stereocenters. The molecule has 0 saturated carbocycles. The van der Waals surface area contributed by atoms with E-state index in [1.54, 1.807) is 32.9 Å². The number of guanidine groups is 1. The van der Waals surface area contributed by atoms with Crippen LogP contribution in [0.1, 0.15) is 81.8 Å². The van der Waals surface area contributed by atoms with Gasteiger partial charge in [-0.15, -0.1) is 11.6 Å². The van der Waals surface area contributed by atoms with E-state index in [4.69, 9.17) is 9.47 Å². The molecule has 9 nitrogen and oxygen atoms in total. The Hall–Kier alpha value is -3.36. The van der Waals surface area contributed by atoms with E-state index in [-0.39, 0.29) is 23.9 Å². The smallest absolute Gasteiger partial charge is 0.437 e. The van der Waals surface area contributed by atoms with E-state index in [0.29, 0.717) is 43.6 Å². The number of hydrogen-bond donors (Lipinski definition) is 2. The fraction of sp³-hybridized carbons (Fsp3) is 0.520. The Morgan fingerprint density at radius 3 is 2.76 bits per heavy atom. The zero-order valence-corrected chi connectivity index (χ0v) is 20.2. The molecule has 9 heteroatoms. The van der Waals surface area contributed by atoms with Crippen molar-refractivity contribution in [2.24, 2.45) is 4.99 Å². The summed E-state index contributed by atoms with van der Waals surface area (Å²) in [4.78, 5) is 43.5. The molecular formula is C25H33N3O6. The molecule has 0 spiro atoms. The zero-order valence-electron chi connectivity index (χ0n) is 20.2. The second kappa shape index (κ2) is 9.87. The lowest BCUT2D eigenvalue weighted by Gasteiger charge is -2.46. The Labute approximate surface area is 199 Å². The molecule has 2 amide bonds. The number of aliphatic imine (C=N–C) groups is 1. The summed E-state index contributed by atoms with van der Waals surface area (Å²) >= 11 is 0. The number of carbonyl (C=O) groups is 3. The van der Waals surface area contributed by atoms with Gasteiger partial charge in [0.25, 0.3) is 0 Å². The minimum atomic E-state index is -1.08. The maximum Gasteiger partial charge on any atom is 0.437 e. The fourth-order valence-electron chi connectivity index (χ4n) is 4.31. The molecule has 1 aromatic carbocycles. The fourth-order valence-corrected chi connectivity index (χ4v) is 4.31. The van der Waals surface area contributed by atoms with Gasteiger partial charge in [0.15, 0.2) is 0 Å². The van der Waals surface area contributed by atoms with Crippen molar-refractivity contribution < 1.29 is 29.0 Å². The first-order valence-corrected chi connectivity index (χ1v) is 11.5. The predicted molar refractivity (Wildman–Crippen MR) is 127 cm³/mol. The van der Waals surface area contributed by atoms with Crippen molar-refractivity contribution in [2.45, 2.75) is 77.0 Å². The second-order valence-corrected chi connectivity index (χ2v) is 9.65. The van der Waals surface area contributed by atoms with Crippen molar-refractivity contribution in [1.82, 2.24) is 10.2 Å². The van der Waals surface area contributed by atoms with Crippen LogP contribution in [0.4, 0.5) is 4.79 Å². The van der Waals surface area contributed by atoms with E-state index in [2.05, 4.69) is 16.9 Å². The van der Waals surface area contributed by atoms with E-state index in [1.165, 1.54) is 17.0 Å². The monoisotopic (exact) mass is 471 g/mol. The summed E-state index contributed by atoms with van der Waals surface area (Å²) in [5, 5.41) is 12.8. The molecule has 0 unspecified atom stereocenters. The lowest BCUT2D eigenvalue weighted by atomic mass is 9.84. The highest BCUT2D eigenvalue weighted by atomic mass is 16.6. The molecule has 0 aromatic heterocycles. The van der Waals surface area contributed by atoms with Crippen molar-refractivity contribution >= 4 is 23.9 Å². The van der Waals surface area contributed by atoms with Gasteiger partial charge in [-0.25, -0.2) is 9.59 Å². The van der Waals surface area contributed by atoms with E-state index < -0.39 is 29.2 Å². The number of aromatic carboxylic acids is 1. The molecule has 2 N–H and O–H groups in total. The second-order valence-electron chi connectivity index (χ2n) is 9.65. The SMILES string of the molecule is C=CCC[C@]1(CC)CC(=O)N([C@@H]2CCOc3ccc(C(=O)O)cc32)/C(=N/C(=O)OC(C)(C)C)N1. The van der Waals surface area contributed by atoms with Crippen LogP contribution in [0.5, 0.6) is 5.75 Å². The topological polar surface area (TPSA) is 118 Å². The summed E-state index contributed by atoms with van der Waals surface area (Å²) < 4.78 is 11.1. The number of carboxylic acid groups (broad SMARTS) is 1. The average Bonchev–Trinajstić information content (AvgIpc) is 2.75. The highest BCUT2D eigenvalue weighted by molar-refractivity contribution is 6.04. The van der Waals surface area contributed by atoms with Gasteiger partial charge in [0.2, 0.25) is 11.9 Å². The zero-order chi connectivity index (χ0) is 25.1. The number of hydrogen-bond acceptors (Lipinski definition) is 5. The number of nitrogens with one attached hydrogen (secondary N) is 1. The van der Waals surface area contributed by atoms with Crippen LogP contribution in [0, 0.1) is 0 Å². The third kappa shape index (κ3) is 5.58. The van der Waals surface area contributed by atoms with Gasteiger partial charge < -0.3 is 19.9 Å². The quantitative estimate of drug-likeness (QED) is 0.589. The molecule has 0 bridgehead atoms. The highest BCUT2D eigenvalue weighted by Crippen LogP contribution is 2.40. The van der Waals surface area contributed by atoms with Gasteiger partial charge in [-0.1, -0.05) is 13.0 Å². The van der Waals surface area contributed by atoms with E-state index in [9.17, 15) is 19.5 Å². The number of fused-ring (bicyclic) bond motifs is 1. The summed E-state index contributed by atoms with van der Waals surface area (Å²) in [7, 11) is 0. The maximum absolute atomic E-state index is 13.6. The lowest BCUT2D eigenvalue weighted by molar-refractivity contribution is -0.133. The van der Waals surface area contributed by atoms with Crippen LogP contribution in [-0.4, -0.2) is 51.7 Å². The van der Waals surface area contributed by atoms with Crippen molar-refractivity contribution in [2.75, 3.05) is 6.61 Å². The minimum Gasteiger partial charge on any atom is -0.493 e. The van der Waals surface area contributed by atoms with Crippen LogP contribution in [0.15, 0.2) is 35.8 Å². The van der Waals surface area contributed by atoms with Crippen LogP contribution in [0.2, 0.25) is 0 Å². The van der Waals surface area contributed by atoms with E-state index >= 15 is 0 Å². The largest absolute Gasteiger partial charge is 0.493 e. The summed E-state index contributed by atoms with van der Waals surface area (Å²) in [5.41, 5.74) is -0.684. The molecule has 2 aliphatic heterocycles. The Morgan fingerprint density at radius 1 is 1.41 bits per heavy atom. The van der Waals surface area contributed by atoms with Gasteiger partial charge in [0, 0.05) is 17.5 Å². The molecule has 1 aromatic rings. The molecular weight excluding hydrogens is 438 g/mol. The van der Waals surface area contributed by atoms with Crippen molar-refractivity contribution in [1.29, 1.82) is 0 Å². The van der Waals surface area contributed by atoms with E-state index in [1.807, 2.05) is 6.92 Å². The highest BCUT2D eigenvalue weighted by Gasteiger charge is 2.45. The van der Waals surface area contributed by atoms with Crippen LogP contribution in [0.3, 0.4) is 0 Å². The van der Waals surface area contributed by atoms with Gasteiger partial charge in [-0.05, 0) is 58.2 Å². The Kier molecular flexibility index (Phi) is 7.33. The van der Waals surface area contributed by atoms with Crippen LogP contribution in [0.25, 0.3) is 0 Å². The standard InChI is InChI=1S/C25H33N3O6/c1-6-8-12-25(7-2)15-20(29)28(22(27-25)26-23(32)34-24(3,4)5)18-11-13-33-19-10-9-16(21(30)31)14-17(18)19/h6,9-10,14,18H,1,7-8,11-13,15H2,2-5H3,(H,30,31)(H,26,27,32)/t18-,25-/m1/s1. The number of carbonyl (C=O) groups excluding carboxylic acids is 2. The molecule has 1 saturated heterocycles. The number of allylic oxidation sites excluding steroid dienone is 1. The van der Waals surface area contributed by atoms with Crippen LogP contribution < -0.4 is 10.1 Å². The number of nitrogens with zero attached hydrogens (tertiary/aromatic N) is 2. The number of carboxylic acids is 1. The molecule has 3 rings (SSSR count). The van der Waals surface area contributed by atoms with Gasteiger partial charge in [-0.2, -0.15) is 0 Å². The molecule has 1 fully saturated rings. The Morgan fingerprint density at radius 2 is 2.15 bits per heavy atom. The third-order valence-corrected chi connectivity index (χ3v) is 6.03. The summed E-state index contributed by atoms with van der Waals surface area (Å²) in [6.07, 6.45) is 3.58. The van der Waals surface area contributed by atoms with Crippen molar-refractivity contribution in [3.63, 3.8) is 0 Å². The molecule has 0 radical (unpaired) electrons.